The van der Waals surface area contributed by atoms with Crippen molar-refractivity contribution in [2.24, 2.45) is 11.7 Å². The van der Waals surface area contributed by atoms with Crippen LogP contribution in [0.3, 0.4) is 0 Å². The first-order valence-corrected chi connectivity index (χ1v) is 9.63. The van der Waals surface area contributed by atoms with Crippen LogP contribution in [0.5, 0.6) is 0 Å². The molecule has 1 amide bonds. The van der Waals surface area contributed by atoms with Gasteiger partial charge in [0.15, 0.2) is 0 Å². The van der Waals surface area contributed by atoms with E-state index in [-0.39, 0.29) is 17.9 Å². The summed E-state index contributed by atoms with van der Waals surface area (Å²) in [5.41, 5.74) is 7.06. The second kappa shape index (κ2) is 8.89. The molecule has 1 fully saturated rings. The molecule has 24 heavy (non-hydrogen) atoms. The number of hydrogen-bond donors (Lipinski definition) is 1. The average molecular weight is 355 g/mol. The van der Waals surface area contributed by atoms with E-state index in [4.69, 9.17) is 10.5 Å². The molecule has 0 radical (unpaired) electrons. The minimum absolute atomic E-state index is 0.0562. The Morgan fingerprint density at radius 1 is 1.33 bits per heavy atom. The van der Waals surface area contributed by atoms with Gasteiger partial charge in [-0.1, -0.05) is 13.8 Å². The molecule has 1 aromatic rings. The van der Waals surface area contributed by atoms with Crippen molar-refractivity contribution >= 4 is 17.2 Å². The molecule has 1 saturated heterocycles. The van der Waals surface area contributed by atoms with Gasteiger partial charge < -0.3 is 15.4 Å². The van der Waals surface area contributed by atoms with Gasteiger partial charge in [-0.25, -0.2) is 4.98 Å². The maximum absolute atomic E-state index is 12.3. The third kappa shape index (κ3) is 4.99. The molecule has 0 spiro atoms. The minimum Gasteiger partial charge on any atom is -0.372 e. The van der Waals surface area contributed by atoms with Crippen LogP contribution in [0.4, 0.5) is 0 Å². The van der Waals surface area contributed by atoms with Crippen molar-refractivity contribution in [3.8, 4) is 0 Å². The molecular weight excluding hydrogens is 324 g/mol. The number of carbonyl (C=O) groups excluding carboxylic acids is 1. The van der Waals surface area contributed by atoms with Crippen molar-refractivity contribution in [3.63, 3.8) is 0 Å². The fourth-order valence-electron chi connectivity index (χ4n) is 2.75. The third-order valence-corrected chi connectivity index (χ3v) is 5.46. The van der Waals surface area contributed by atoms with Crippen LogP contribution in [-0.2, 0) is 16.1 Å². The summed E-state index contributed by atoms with van der Waals surface area (Å²) in [4.78, 5) is 21.2. The largest absolute Gasteiger partial charge is 0.372 e. The van der Waals surface area contributed by atoms with Crippen LogP contribution in [0.25, 0.3) is 0 Å². The fourth-order valence-corrected chi connectivity index (χ4v) is 3.57. The summed E-state index contributed by atoms with van der Waals surface area (Å²) in [6.07, 6.45) is 0.0562. The van der Waals surface area contributed by atoms with Crippen molar-refractivity contribution < 1.29 is 9.53 Å². The van der Waals surface area contributed by atoms with Crippen LogP contribution in [0.15, 0.2) is 5.38 Å². The second-order valence-corrected chi connectivity index (χ2v) is 7.54. The molecule has 0 saturated carbocycles. The molecule has 2 rings (SSSR count). The SMILES string of the molecule is CCOC(C)c1nc(CN2CCN(C(=O)[C@@H](N)C(C)C)CC2)cs1. The Kier molecular flexibility index (Phi) is 7.16. The van der Waals surface area contributed by atoms with E-state index < -0.39 is 6.04 Å². The average Bonchev–Trinajstić information content (AvgIpc) is 3.03. The standard InChI is InChI=1S/C17H30N4O2S/c1-5-23-13(4)16-19-14(11-24-16)10-20-6-8-21(9-7-20)17(22)15(18)12(2)3/h11-13,15H,5-10,18H2,1-4H3/t13?,15-/m0/s1. The number of amides is 1. The van der Waals surface area contributed by atoms with Gasteiger partial charge in [0.25, 0.3) is 0 Å². The van der Waals surface area contributed by atoms with Crippen molar-refractivity contribution in [2.75, 3.05) is 32.8 Å². The van der Waals surface area contributed by atoms with Gasteiger partial charge in [0, 0.05) is 44.7 Å². The molecule has 0 bridgehead atoms. The van der Waals surface area contributed by atoms with Gasteiger partial charge >= 0.3 is 0 Å². The van der Waals surface area contributed by atoms with E-state index in [2.05, 4.69) is 15.3 Å². The number of hydrogen-bond acceptors (Lipinski definition) is 6. The first kappa shape index (κ1) is 19.3. The Balaban J connectivity index is 1.82. The lowest BCUT2D eigenvalue weighted by atomic mass is 10.0. The molecule has 0 aliphatic carbocycles. The van der Waals surface area contributed by atoms with Gasteiger partial charge in [-0.2, -0.15) is 0 Å². The van der Waals surface area contributed by atoms with E-state index >= 15 is 0 Å². The van der Waals surface area contributed by atoms with E-state index in [1.807, 2.05) is 32.6 Å². The number of thiazole rings is 1. The smallest absolute Gasteiger partial charge is 0.239 e. The topological polar surface area (TPSA) is 71.7 Å². The highest BCUT2D eigenvalue weighted by Gasteiger charge is 2.27. The van der Waals surface area contributed by atoms with Gasteiger partial charge in [-0.3, -0.25) is 9.69 Å². The van der Waals surface area contributed by atoms with E-state index in [1.165, 1.54) is 0 Å². The number of ether oxygens (including phenoxy) is 1. The maximum Gasteiger partial charge on any atom is 0.239 e. The Labute approximate surface area is 149 Å². The normalized spacial score (nSPS) is 18.8. The predicted octanol–water partition coefficient (Wildman–Crippen LogP) is 1.87. The molecule has 2 N–H and O–H groups in total. The molecule has 2 atom stereocenters. The van der Waals surface area contributed by atoms with Gasteiger partial charge in [0.2, 0.25) is 5.91 Å². The van der Waals surface area contributed by atoms with E-state index in [0.717, 1.165) is 43.4 Å². The summed E-state index contributed by atoms with van der Waals surface area (Å²) in [7, 11) is 0. The van der Waals surface area contributed by atoms with Crippen LogP contribution in [0.2, 0.25) is 0 Å². The van der Waals surface area contributed by atoms with E-state index in [0.29, 0.717) is 6.61 Å². The number of aromatic nitrogens is 1. The number of nitrogens with two attached hydrogens (primary N) is 1. The highest BCUT2D eigenvalue weighted by atomic mass is 32.1. The number of rotatable bonds is 7. The van der Waals surface area contributed by atoms with Gasteiger partial charge in [-0.05, 0) is 19.8 Å². The van der Waals surface area contributed by atoms with Crippen LogP contribution >= 0.6 is 11.3 Å². The van der Waals surface area contributed by atoms with Crippen molar-refractivity contribution in [3.05, 3.63) is 16.1 Å². The third-order valence-electron chi connectivity index (χ3n) is 4.41. The summed E-state index contributed by atoms with van der Waals surface area (Å²) in [6.45, 7) is 12.7. The fraction of sp³-hybridized carbons (Fsp3) is 0.765. The monoisotopic (exact) mass is 354 g/mol. The van der Waals surface area contributed by atoms with Crippen molar-refractivity contribution in [1.82, 2.24) is 14.8 Å². The number of carbonyl (C=O) groups is 1. The quantitative estimate of drug-likeness (QED) is 0.809. The summed E-state index contributed by atoms with van der Waals surface area (Å²) < 4.78 is 5.59. The lowest BCUT2D eigenvalue weighted by Gasteiger charge is -2.36. The maximum atomic E-state index is 12.3. The molecule has 1 aromatic heterocycles. The molecule has 2 heterocycles. The Morgan fingerprint density at radius 2 is 2.00 bits per heavy atom. The number of nitrogens with zero attached hydrogens (tertiary/aromatic N) is 3. The first-order chi connectivity index (χ1) is 11.4. The Hall–Kier alpha value is -1.02. The highest BCUT2D eigenvalue weighted by molar-refractivity contribution is 7.09. The molecule has 7 heteroatoms. The zero-order valence-electron chi connectivity index (χ0n) is 15.2. The Morgan fingerprint density at radius 3 is 2.58 bits per heavy atom. The zero-order valence-corrected chi connectivity index (χ0v) is 16.0. The van der Waals surface area contributed by atoms with E-state index in [1.54, 1.807) is 11.3 Å². The Bertz CT molecular complexity index is 526. The summed E-state index contributed by atoms with van der Waals surface area (Å²) >= 11 is 1.65. The molecule has 136 valence electrons. The first-order valence-electron chi connectivity index (χ1n) is 8.75. The van der Waals surface area contributed by atoms with Crippen molar-refractivity contribution in [2.45, 2.75) is 46.4 Å². The van der Waals surface area contributed by atoms with Crippen LogP contribution in [0.1, 0.15) is 44.5 Å². The summed E-state index contributed by atoms with van der Waals surface area (Å²) in [5, 5.41) is 3.14. The molecule has 1 unspecified atom stereocenters. The minimum atomic E-state index is -0.391. The van der Waals surface area contributed by atoms with Crippen molar-refractivity contribution in [1.29, 1.82) is 0 Å². The highest BCUT2D eigenvalue weighted by Crippen LogP contribution is 2.22. The van der Waals surface area contributed by atoms with E-state index in [9.17, 15) is 4.79 Å². The van der Waals surface area contributed by atoms with Gasteiger partial charge in [-0.15, -0.1) is 11.3 Å². The lowest BCUT2D eigenvalue weighted by molar-refractivity contribution is -0.135. The van der Waals surface area contributed by atoms with Gasteiger partial charge in [0.05, 0.1) is 11.7 Å². The second-order valence-electron chi connectivity index (χ2n) is 6.65. The molecule has 1 aliphatic heterocycles. The summed E-state index contributed by atoms with van der Waals surface area (Å²) in [5.74, 6) is 0.252. The number of piperazine rings is 1. The summed E-state index contributed by atoms with van der Waals surface area (Å²) in [6, 6.07) is -0.391. The molecule has 1 aliphatic rings. The van der Waals surface area contributed by atoms with Gasteiger partial charge in [0.1, 0.15) is 11.1 Å². The van der Waals surface area contributed by atoms with Crippen LogP contribution in [-0.4, -0.2) is 59.5 Å². The zero-order chi connectivity index (χ0) is 17.7. The molecule has 0 aromatic carbocycles. The van der Waals surface area contributed by atoms with Crippen LogP contribution < -0.4 is 5.73 Å². The lowest BCUT2D eigenvalue weighted by Crippen LogP contribution is -2.54. The predicted molar refractivity (Wildman–Crippen MR) is 96.8 cm³/mol. The molecule has 6 nitrogen and oxygen atoms in total. The molecular formula is C17H30N4O2S. The van der Waals surface area contributed by atoms with Crippen LogP contribution in [0, 0.1) is 5.92 Å².